The molecule has 0 amide bonds. The number of rotatable bonds is 17. The molecular weight excluding hydrogens is 272 g/mol. The van der Waals surface area contributed by atoms with Crippen LogP contribution in [0.5, 0.6) is 0 Å². The van der Waals surface area contributed by atoms with Crippen LogP contribution in [0.2, 0.25) is 0 Å². The van der Waals surface area contributed by atoms with Gasteiger partial charge in [-0.2, -0.15) is 0 Å². The molecule has 0 aliphatic rings. The Bertz CT molecular complexity index is 206. The lowest BCUT2D eigenvalue weighted by Gasteiger charge is -2.11. The van der Waals surface area contributed by atoms with Crippen molar-refractivity contribution >= 4 is 0 Å². The normalized spacial score (nSPS) is 14.2. The molecule has 2 N–H and O–H groups in total. The summed E-state index contributed by atoms with van der Waals surface area (Å²) in [6.07, 6.45) is 18.6. The monoisotopic (exact) mass is 314 g/mol. The lowest BCUT2D eigenvalue weighted by Crippen LogP contribution is -2.06. The van der Waals surface area contributed by atoms with E-state index in [9.17, 15) is 10.2 Å². The van der Waals surface area contributed by atoms with Gasteiger partial charge >= 0.3 is 0 Å². The minimum absolute atomic E-state index is 0.0718. The summed E-state index contributed by atoms with van der Waals surface area (Å²) in [4.78, 5) is 0. The van der Waals surface area contributed by atoms with Crippen LogP contribution in [0.4, 0.5) is 0 Å². The molecule has 0 aliphatic heterocycles. The van der Waals surface area contributed by atoms with Gasteiger partial charge in [-0.1, -0.05) is 90.9 Å². The molecule has 134 valence electrons. The summed E-state index contributed by atoms with van der Waals surface area (Å²) in [5.41, 5.74) is 0. The van der Waals surface area contributed by atoms with Gasteiger partial charge in [0.15, 0.2) is 0 Å². The van der Waals surface area contributed by atoms with E-state index in [4.69, 9.17) is 0 Å². The topological polar surface area (TPSA) is 40.5 Å². The van der Waals surface area contributed by atoms with Crippen LogP contribution in [0, 0.1) is 0 Å². The summed E-state index contributed by atoms with van der Waals surface area (Å²) >= 11 is 0. The van der Waals surface area contributed by atoms with Crippen molar-refractivity contribution in [2.75, 3.05) is 0 Å². The molecule has 2 nitrogen and oxygen atoms in total. The predicted molar refractivity (Wildman–Crippen MR) is 97.2 cm³/mol. The van der Waals surface area contributed by atoms with E-state index in [1.807, 2.05) is 0 Å². The quantitative estimate of drug-likeness (QED) is 0.324. The largest absolute Gasteiger partial charge is 0.393 e. The summed E-state index contributed by atoms with van der Waals surface area (Å²) in [6.45, 7) is 4.41. The van der Waals surface area contributed by atoms with Gasteiger partial charge in [0.1, 0.15) is 0 Å². The molecular formula is C20H42O2. The fourth-order valence-electron chi connectivity index (χ4n) is 3.00. The third kappa shape index (κ3) is 16.3. The van der Waals surface area contributed by atoms with E-state index in [-0.39, 0.29) is 12.2 Å². The first kappa shape index (κ1) is 21.9. The molecule has 0 saturated carbocycles. The SMILES string of the molecule is CCCCCCCC(O)CCCCCCCC(O)CCCC. The molecule has 0 saturated heterocycles. The van der Waals surface area contributed by atoms with Crippen molar-refractivity contribution < 1.29 is 10.2 Å². The van der Waals surface area contributed by atoms with Crippen LogP contribution in [0.1, 0.15) is 117 Å². The maximum atomic E-state index is 9.93. The van der Waals surface area contributed by atoms with Crippen molar-refractivity contribution in [1.82, 2.24) is 0 Å². The average molecular weight is 315 g/mol. The van der Waals surface area contributed by atoms with Crippen molar-refractivity contribution in [3.05, 3.63) is 0 Å². The molecule has 2 atom stereocenters. The zero-order valence-electron chi connectivity index (χ0n) is 15.4. The predicted octanol–water partition coefficient (Wildman–Crippen LogP) is 5.99. The van der Waals surface area contributed by atoms with Crippen LogP contribution >= 0.6 is 0 Å². The molecule has 0 aromatic carbocycles. The summed E-state index contributed by atoms with van der Waals surface area (Å²) in [5.74, 6) is 0. The lowest BCUT2D eigenvalue weighted by atomic mass is 10.0. The average Bonchev–Trinajstić information content (AvgIpc) is 2.51. The highest BCUT2D eigenvalue weighted by Gasteiger charge is 2.05. The Hall–Kier alpha value is -0.0800. The van der Waals surface area contributed by atoms with Gasteiger partial charge in [0.25, 0.3) is 0 Å². The Morgan fingerprint density at radius 1 is 0.455 bits per heavy atom. The fourth-order valence-corrected chi connectivity index (χ4v) is 3.00. The van der Waals surface area contributed by atoms with E-state index in [1.54, 1.807) is 0 Å². The standard InChI is InChI=1S/C20H42O2/c1-3-5-7-9-12-17-20(22)18-14-11-8-10-13-16-19(21)15-6-4-2/h19-22H,3-18H2,1-2H3. The Balaban J connectivity index is 3.21. The summed E-state index contributed by atoms with van der Waals surface area (Å²) in [6, 6.07) is 0. The van der Waals surface area contributed by atoms with Crippen LogP contribution in [0.25, 0.3) is 0 Å². The van der Waals surface area contributed by atoms with Crippen molar-refractivity contribution in [2.24, 2.45) is 0 Å². The molecule has 0 aliphatic carbocycles. The highest BCUT2D eigenvalue weighted by atomic mass is 16.3. The van der Waals surface area contributed by atoms with Crippen molar-refractivity contribution in [2.45, 2.75) is 129 Å². The Morgan fingerprint density at radius 2 is 0.773 bits per heavy atom. The van der Waals surface area contributed by atoms with Gasteiger partial charge in [-0.25, -0.2) is 0 Å². The van der Waals surface area contributed by atoms with Gasteiger partial charge < -0.3 is 10.2 Å². The third-order valence-corrected chi connectivity index (χ3v) is 4.61. The maximum absolute atomic E-state index is 9.93. The molecule has 2 heteroatoms. The van der Waals surface area contributed by atoms with Crippen LogP contribution in [0.15, 0.2) is 0 Å². The second-order valence-corrected chi connectivity index (χ2v) is 7.00. The van der Waals surface area contributed by atoms with Crippen molar-refractivity contribution in [1.29, 1.82) is 0 Å². The smallest absolute Gasteiger partial charge is 0.0540 e. The molecule has 0 bridgehead atoms. The van der Waals surface area contributed by atoms with E-state index in [0.717, 1.165) is 44.9 Å². The third-order valence-electron chi connectivity index (χ3n) is 4.61. The highest BCUT2D eigenvalue weighted by Crippen LogP contribution is 2.15. The molecule has 0 fully saturated rings. The van der Waals surface area contributed by atoms with Crippen molar-refractivity contribution in [3.8, 4) is 0 Å². The zero-order chi connectivity index (χ0) is 16.5. The number of unbranched alkanes of at least 4 members (excludes halogenated alkanes) is 9. The number of hydrogen-bond donors (Lipinski definition) is 2. The van der Waals surface area contributed by atoms with Gasteiger partial charge in [-0.15, -0.1) is 0 Å². The number of aliphatic hydroxyl groups is 2. The van der Waals surface area contributed by atoms with Crippen LogP contribution in [0.3, 0.4) is 0 Å². The van der Waals surface area contributed by atoms with Crippen molar-refractivity contribution in [3.63, 3.8) is 0 Å². The fraction of sp³-hybridized carbons (Fsp3) is 1.00. The second kappa shape index (κ2) is 17.3. The number of hydrogen-bond acceptors (Lipinski definition) is 2. The lowest BCUT2D eigenvalue weighted by molar-refractivity contribution is 0.145. The molecule has 0 spiro atoms. The van der Waals surface area contributed by atoms with Gasteiger partial charge in [-0.05, 0) is 25.7 Å². The molecule has 0 aromatic heterocycles. The van der Waals surface area contributed by atoms with Crippen LogP contribution in [-0.4, -0.2) is 22.4 Å². The first-order valence-electron chi connectivity index (χ1n) is 10.1. The minimum Gasteiger partial charge on any atom is -0.393 e. The van der Waals surface area contributed by atoms with Gasteiger partial charge in [-0.3, -0.25) is 0 Å². The van der Waals surface area contributed by atoms with Crippen LogP contribution < -0.4 is 0 Å². The molecule has 2 unspecified atom stereocenters. The maximum Gasteiger partial charge on any atom is 0.0540 e. The second-order valence-electron chi connectivity index (χ2n) is 7.00. The van der Waals surface area contributed by atoms with E-state index >= 15 is 0 Å². The minimum atomic E-state index is -0.0746. The van der Waals surface area contributed by atoms with Crippen LogP contribution in [-0.2, 0) is 0 Å². The van der Waals surface area contributed by atoms with Gasteiger partial charge in [0.2, 0.25) is 0 Å². The van der Waals surface area contributed by atoms with Gasteiger partial charge in [0, 0.05) is 0 Å². The van der Waals surface area contributed by atoms with E-state index < -0.39 is 0 Å². The highest BCUT2D eigenvalue weighted by molar-refractivity contribution is 4.59. The van der Waals surface area contributed by atoms with E-state index in [0.29, 0.717) is 0 Å². The molecule has 0 aromatic rings. The summed E-state index contributed by atoms with van der Waals surface area (Å²) in [5, 5.41) is 19.7. The Kier molecular flexibility index (Phi) is 17.2. The Morgan fingerprint density at radius 3 is 1.18 bits per heavy atom. The summed E-state index contributed by atoms with van der Waals surface area (Å²) < 4.78 is 0. The summed E-state index contributed by atoms with van der Waals surface area (Å²) in [7, 11) is 0. The molecule has 22 heavy (non-hydrogen) atoms. The number of aliphatic hydroxyl groups excluding tert-OH is 2. The first-order valence-corrected chi connectivity index (χ1v) is 10.1. The molecule has 0 rings (SSSR count). The zero-order valence-corrected chi connectivity index (χ0v) is 15.4. The molecule has 0 radical (unpaired) electrons. The first-order chi connectivity index (χ1) is 10.7. The van der Waals surface area contributed by atoms with E-state index in [1.165, 1.54) is 57.8 Å². The molecule has 0 heterocycles. The van der Waals surface area contributed by atoms with E-state index in [2.05, 4.69) is 13.8 Å². The van der Waals surface area contributed by atoms with Gasteiger partial charge in [0.05, 0.1) is 12.2 Å². The Labute approximate surface area is 139 Å².